The number of phenolic OH excluding ortho intramolecular Hbond substituents is 1. The number of phenols is 1. The first-order valence-corrected chi connectivity index (χ1v) is 13.1. The molecule has 0 fully saturated rings. The summed E-state index contributed by atoms with van der Waals surface area (Å²) in [7, 11) is 0. The van der Waals surface area contributed by atoms with Gasteiger partial charge in [-0.1, -0.05) is 93.6 Å². The fraction of sp³-hybridized carbons (Fsp3) is 0.118. The van der Waals surface area contributed by atoms with E-state index in [0.717, 1.165) is 50.0 Å². The first-order valence-electron chi connectivity index (χ1n) is 13.1. The Morgan fingerprint density at radius 3 is 2.36 bits per heavy atom. The van der Waals surface area contributed by atoms with Gasteiger partial charge in [0.25, 0.3) is 0 Å². The summed E-state index contributed by atoms with van der Waals surface area (Å²) in [5.41, 5.74) is 7.07. The molecule has 0 radical (unpaired) electrons. The fourth-order valence-corrected chi connectivity index (χ4v) is 5.22. The van der Waals surface area contributed by atoms with E-state index >= 15 is 0 Å². The topological polar surface area (TPSA) is 55.1 Å². The van der Waals surface area contributed by atoms with Crippen molar-refractivity contribution in [3.63, 3.8) is 0 Å². The second kappa shape index (κ2) is 8.57. The molecular weight excluding hydrogens is 482 g/mol. The van der Waals surface area contributed by atoms with Crippen LogP contribution in [0.25, 0.3) is 55.7 Å². The molecule has 7 rings (SSSR count). The lowest BCUT2D eigenvalue weighted by molar-refractivity contribution is -0.576. The molecule has 3 heterocycles. The third kappa shape index (κ3) is 3.77. The van der Waals surface area contributed by atoms with Crippen LogP contribution >= 0.6 is 0 Å². The Morgan fingerprint density at radius 2 is 1.56 bits per heavy atom. The summed E-state index contributed by atoms with van der Waals surface area (Å²) in [5, 5.41) is 12.9. The number of hydrogen-bond acceptors (Lipinski definition) is 3. The number of nitrogens with zero attached hydrogens (tertiary/aromatic N) is 3. The van der Waals surface area contributed by atoms with Crippen LogP contribution in [0.2, 0.25) is 0 Å². The van der Waals surface area contributed by atoms with Gasteiger partial charge in [-0.25, -0.2) is 0 Å². The van der Waals surface area contributed by atoms with Crippen LogP contribution < -0.4 is 4.57 Å². The minimum atomic E-state index is -0.0914. The van der Waals surface area contributed by atoms with Crippen molar-refractivity contribution in [3.8, 4) is 28.5 Å². The van der Waals surface area contributed by atoms with E-state index in [4.69, 9.17) is 9.40 Å². The average molecular weight is 510 g/mol. The molecule has 7 aromatic rings. The quantitative estimate of drug-likeness (QED) is 0.196. The van der Waals surface area contributed by atoms with Gasteiger partial charge >= 0.3 is 0 Å². The largest absolute Gasteiger partial charge is 0.512 e. The van der Waals surface area contributed by atoms with Crippen LogP contribution in [0, 0.1) is 6.33 Å². The Balaban J connectivity index is 1.60. The van der Waals surface area contributed by atoms with Gasteiger partial charge in [0.2, 0.25) is 5.82 Å². The van der Waals surface area contributed by atoms with Gasteiger partial charge in [0.05, 0.1) is 11.2 Å². The molecule has 0 saturated heterocycles. The van der Waals surface area contributed by atoms with Gasteiger partial charge in [-0.05, 0) is 41.3 Å². The van der Waals surface area contributed by atoms with Crippen LogP contribution in [0.4, 0.5) is 0 Å². The Labute approximate surface area is 226 Å². The summed E-state index contributed by atoms with van der Waals surface area (Å²) in [6, 6.07) is 34.0. The van der Waals surface area contributed by atoms with Crippen LogP contribution in [-0.2, 0) is 5.41 Å². The minimum absolute atomic E-state index is 0.0914. The molecule has 0 aliphatic rings. The summed E-state index contributed by atoms with van der Waals surface area (Å²) in [6.45, 7) is 6.63. The highest BCUT2D eigenvalue weighted by Crippen LogP contribution is 2.36. The number of fused-ring (bicyclic) bond motifs is 5. The van der Waals surface area contributed by atoms with Gasteiger partial charge in [0.15, 0.2) is 6.33 Å². The highest BCUT2D eigenvalue weighted by Gasteiger charge is 2.22. The number of benzene rings is 4. The lowest BCUT2D eigenvalue weighted by Gasteiger charge is -2.20. The number of para-hydroxylation sites is 3. The molecule has 190 valence electrons. The summed E-state index contributed by atoms with van der Waals surface area (Å²) in [5.74, 6) is 0.927. The number of aromatic nitrogens is 3. The second-order valence-electron chi connectivity index (χ2n) is 10.9. The van der Waals surface area contributed by atoms with E-state index in [-0.39, 0.29) is 11.2 Å². The molecule has 0 aliphatic carbocycles. The van der Waals surface area contributed by atoms with Crippen LogP contribution in [0.15, 0.2) is 108 Å². The van der Waals surface area contributed by atoms with Crippen molar-refractivity contribution < 1.29 is 14.1 Å². The van der Waals surface area contributed by atoms with Crippen molar-refractivity contribution in [2.75, 3.05) is 0 Å². The minimum Gasteiger partial charge on any atom is -0.512 e. The molecule has 0 bridgehead atoms. The van der Waals surface area contributed by atoms with Gasteiger partial charge in [0.1, 0.15) is 22.6 Å². The number of hydrogen-bond donors (Lipinski definition) is 1. The molecule has 0 spiro atoms. The molecule has 5 heteroatoms. The van der Waals surface area contributed by atoms with Crippen molar-refractivity contribution in [2.45, 2.75) is 26.2 Å². The summed E-state index contributed by atoms with van der Waals surface area (Å²) >= 11 is 0. The van der Waals surface area contributed by atoms with E-state index in [1.807, 2.05) is 75.9 Å². The highest BCUT2D eigenvalue weighted by atomic mass is 16.3. The lowest BCUT2D eigenvalue weighted by Crippen LogP contribution is -2.32. The standard InChI is InChI=1S/C34H27N3O2/c1-34(2,3)23-19-25(22-11-5-4-6-12-22)35-31(20-23)36-21-37(26-14-8-9-15-28(26)38)33-27(36)17-18-30-32(33)24-13-7-10-16-29(24)39-30/h4-20,38H,1-3H3. The molecule has 3 aromatic heterocycles. The van der Waals surface area contributed by atoms with Gasteiger partial charge < -0.3 is 14.1 Å². The Bertz CT molecular complexity index is 2010. The molecule has 0 atom stereocenters. The van der Waals surface area contributed by atoms with Crippen molar-refractivity contribution >= 4 is 33.0 Å². The van der Waals surface area contributed by atoms with Crippen molar-refractivity contribution in [1.82, 2.24) is 9.55 Å². The normalized spacial score (nSPS) is 12.1. The van der Waals surface area contributed by atoms with E-state index in [0.29, 0.717) is 5.69 Å². The van der Waals surface area contributed by atoms with Crippen LogP contribution in [-0.4, -0.2) is 14.7 Å². The molecule has 0 unspecified atom stereocenters. The zero-order valence-corrected chi connectivity index (χ0v) is 22.0. The smallest absolute Gasteiger partial charge is 0.203 e. The Kier molecular flexibility index (Phi) is 5.10. The summed E-state index contributed by atoms with van der Waals surface area (Å²) in [4.78, 5) is 5.13. The SMILES string of the molecule is CC(C)(C)c1cc(-c2ccccc2)nc(-[n+]2[c-]n(-c3ccccc3O)c3c4c(ccc32)oc2ccccc24)c1. The first-order chi connectivity index (χ1) is 18.9. The van der Waals surface area contributed by atoms with E-state index in [1.165, 1.54) is 5.56 Å². The molecule has 39 heavy (non-hydrogen) atoms. The van der Waals surface area contributed by atoms with Crippen LogP contribution in [0.3, 0.4) is 0 Å². The predicted molar refractivity (Wildman–Crippen MR) is 155 cm³/mol. The first kappa shape index (κ1) is 23.2. The predicted octanol–water partition coefficient (Wildman–Crippen LogP) is 7.67. The number of pyridine rings is 1. The number of aromatic hydroxyl groups is 1. The van der Waals surface area contributed by atoms with E-state index in [2.05, 4.69) is 57.4 Å². The maximum absolute atomic E-state index is 10.9. The van der Waals surface area contributed by atoms with Gasteiger partial charge in [-0.15, -0.1) is 4.98 Å². The Morgan fingerprint density at radius 1 is 0.821 bits per heavy atom. The molecule has 1 N–H and O–H groups in total. The van der Waals surface area contributed by atoms with E-state index in [9.17, 15) is 5.11 Å². The third-order valence-corrected chi connectivity index (χ3v) is 7.26. The highest BCUT2D eigenvalue weighted by molar-refractivity contribution is 6.16. The monoisotopic (exact) mass is 509 g/mol. The molecule has 0 aliphatic heterocycles. The number of furan rings is 1. The van der Waals surface area contributed by atoms with E-state index < -0.39 is 0 Å². The molecule has 5 nitrogen and oxygen atoms in total. The number of imidazole rings is 1. The summed E-state index contributed by atoms with van der Waals surface area (Å²) < 4.78 is 10.1. The fourth-order valence-electron chi connectivity index (χ4n) is 5.22. The third-order valence-electron chi connectivity index (χ3n) is 7.26. The van der Waals surface area contributed by atoms with Gasteiger partial charge in [0, 0.05) is 21.9 Å². The van der Waals surface area contributed by atoms with Crippen LogP contribution in [0.5, 0.6) is 5.75 Å². The number of rotatable bonds is 3. The maximum atomic E-state index is 10.9. The Hall–Kier alpha value is -4.90. The van der Waals surface area contributed by atoms with E-state index in [1.54, 1.807) is 6.07 Å². The lowest BCUT2D eigenvalue weighted by atomic mass is 9.86. The zero-order valence-electron chi connectivity index (χ0n) is 22.0. The molecule has 0 saturated carbocycles. The molecule has 0 amide bonds. The summed E-state index contributed by atoms with van der Waals surface area (Å²) in [6.07, 6.45) is 3.54. The molecule has 4 aromatic carbocycles. The molecular formula is C34H27N3O2. The second-order valence-corrected chi connectivity index (χ2v) is 10.9. The van der Waals surface area contributed by atoms with Gasteiger partial charge in [-0.2, -0.15) is 0 Å². The van der Waals surface area contributed by atoms with Crippen molar-refractivity contribution in [1.29, 1.82) is 0 Å². The average Bonchev–Trinajstić information content (AvgIpc) is 3.51. The zero-order chi connectivity index (χ0) is 26.7. The maximum Gasteiger partial charge on any atom is 0.203 e. The van der Waals surface area contributed by atoms with Gasteiger partial charge in [-0.3, -0.25) is 4.57 Å². The van der Waals surface area contributed by atoms with Crippen molar-refractivity contribution in [3.05, 3.63) is 115 Å². The van der Waals surface area contributed by atoms with Crippen LogP contribution in [0.1, 0.15) is 26.3 Å². The van der Waals surface area contributed by atoms with Crippen molar-refractivity contribution in [2.24, 2.45) is 0 Å².